The van der Waals surface area contributed by atoms with Gasteiger partial charge in [-0.25, -0.2) is 9.40 Å². The number of likely N-dealkylation sites (N-methyl/N-ethyl adjacent to an activating group) is 1. The van der Waals surface area contributed by atoms with Gasteiger partial charge in [-0.3, -0.25) is 14.6 Å². The van der Waals surface area contributed by atoms with Crippen LogP contribution < -0.4 is 15.5 Å². The van der Waals surface area contributed by atoms with E-state index in [2.05, 4.69) is 36.6 Å². The Kier molecular flexibility index (Phi) is 13.1. The zero-order chi connectivity index (χ0) is 27.9. The number of carbonyl (C=O) groups excluding carboxylic acids is 2. The molecular weight excluding hydrogens is 564 g/mol. The van der Waals surface area contributed by atoms with Crippen LogP contribution in [0.15, 0.2) is 66.7 Å². The van der Waals surface area contributed by atoms with Crippen molar-refractivity contribution in [1.29, 1.82) is 0 Å². The van der Waals surface area contributed by atoms with Crippen molar-refractivity contribution in [3.63, 3.8) is 0 Å². The number of nitrogens with zero attached hydrogens (tertiary/aromatic N) is 3. The number of fused-ring (bicyclic) bond motifs is 1. The molecule has 2 N–H and O–H groups in total. The van der Waals surface area contributed by atoms with E-state index in [1.165, 1.54) is 23.3 Å². The molecule has 0 spiro atoms. The van der Waals surface area contributed by atoms with Crippen LogP contribution in [-0.4, -0.2) is 61.1 Å². The van der Waals surface area contributed by atoms with Crippen LogP contribution in [-0.2, 0) is 22.7 Å². The molecule has 0 fully saturated rings. The van der Waals surface area contributed by atoms with E-state index in [9.17, 15) is 14.0 Å². The van der Waals surface area contributed by atoms with E-state index < -0.39 is 0 Å². The Balaban J connectivity index is 0.00000294. The van der Waals surface area contributed by atoms with Crippen LogP contribution >= 0.6 is 24.8 Å². The molecule has 0 bridgehead atoms. The van der Waals surface area contributed by atoms with Gasteiger partial charge < -0.3 is 15.5 Å². The van der Waals surface area contributed by atoms with Crippen molar-refractivity contribution in [2.45, 2.75) is 39.9 Å². The summed E-state index contributed by atoms with van der Waals surface area (Å²) in [4.78, 5) is 28.3. The second-order valence-corrected chi connectivity index (χ2v) is 10.3. The molecule has 1 aliphatic heterocycles. The standard InChI is InChI=1S/C31H38FN5O2.2ClH/c1-22(2)33-14-15-34-30(38)20-36(21-31(39)35(4)37-18-26-8-5-6-9-27(26)19-37)29-17-25(13-12-23(29)3)24-10-7-11-28(32)16-24;;/h5-13,16-17,22,33H,14-15,18-21H2,1-4H3,(H,34,38);2*1H. The molecule has 1 heterocycles. The van der Waals surface area contributed by atoms with Gasteiger partial charge in [0.2, 0.25) is 5.91 Å². The molecule has 7 nitrogen and oxygen atoms in total. The van der Waals surface area contributed by atoms with Crippen LogP contribution in [0.4, 0.5) is 10.1 Å². The Morgan fingerprint density at radius 2 is 1.56 bits per heavy atom. The highest BCUT2D eigenvalue weighted by molar-refractivity contribution is 5.87. The Hall–Kier alpha value is -3.17. The first kappa shape index (κ1) is 34.0. The van der Waals surface area contributed by atoms with E-state index in [0.717, 1.165) is 22.4 Å². The van der Waals surface area contributed by atoms with Gasteiger partial charge >= 0.3 is 0 Å². The van der Waals surface area contributed by atoms with Crippen molar-refractivity contribution in [2.75, 3.05) is 38.1 Å². The van der Waals surface area contributed by atoms with Crippen LogP contribution in [0.2, 0.25) is 0 Å². The van der Waals surface area contributed by atoms with Gasteiger partial charge in [-0.1, -0.05) is 62.4 Å². The molecule has 0 saturated heterocycles. The first-order valence-electron chi connectivity index (χ1n) is 13.4. The molecule has 0 unspecified atom stereocenters. The summed E-state index contributed by atoms with van der Waals surface area (Å²) in [5.41, 5.74) is 5.66. The van der Waals surface area contributed by atoms with Crippen LogP contribution in [0.25, 0.3) is 11.1 Å². The van der Waals surface area contributed by atoms with E-state index in [4.69, 9.17) is 0 Å². The molecule has 4 rings (SSSR count). The number of carbonyl (C=O) groups is 2. The van der Waals surface area contributed by atoms with Gasteiger partial charge in [-0.15, -0.1) is 24.8 Å². The quantitative estimate of drug-likeness (QED) is 0.303. The maximum atomic E-state index is 13.9. The lowest BCUT2D eigenvalue weighted by Crippen LogP contribution is -2.48. The summed E-state index contributed by atoms with van der Waals surface area (Å²) in [6.45, 7) is 8.59. The number of hydrogen-bond acceptors (Lipinski definition) is 5. The van der Waals surface area contributed by atoms with Gasteiger partial charge in [-0.2, -0.15) is 0 Å². The fourth-order valence-corrected chi connectivity index (χ4v) is 4.77. The molecule has 10 heteroatoms. The van der Waals surface area contributed by atoms with E-state index in [-0.39, 0.29) is 55.5 Å². The summed E-state index contributed by atoms with van der Waals surface area (Å²) in [6, 6.07) is 20.7. The van der Waals surface area contributed by atoms with Crippen molar-refractivity contribution in [1.82, 2.24) is 20.7 Å². The Morgan fingerprint density at radius 3 is 2.20 bits per heavy atom. The van der Waals surface area contributed by atoms with Crippen LogP contribution in [0.1, 0.15) is 30.5 Å². The fraction of sp³-hybridized carbons (Fsp3) is 0.355. The highest BCUT2D eigenvalue weighted by Crippen LogP contribution is 2.29. The van der Waals surface area contributed by atoms with Crippen LogP contribution in [0.3, 0.4) is 0 Å². The van der Waals surface area contributed by atoms with Gasteiger partial charge in [0.1, 0.15) is 5.82 Å². The van der Waals surface area contributed by atoms with Gasteiger partial charge in [0.05, 0.1) is 13.1 Å². The minimum atomic E-state index is -0.315. The summed E-state index contributed by atoms with van der Waals surface area (Å²) in [5.74, 6) is -0.600. The lowest BCUT2D eigenvalue weighted by molar-refractivity contribution is -0.145. The number of halogens is 3. The molecule has 3 aromatic rings. The first-order valence-corrected chi connectivity index (χ1v) is 13.4. The van der Waals surface area contributed by atoms with E-state index in [1.807, 2.05) is 53.2 Å². The Morgan fingerprint density at radius 1 is 0.902 bits per heavy atom. The highest BCUT2D eigenvalue weighted by atomic mass is 35.5. The zero-order valence-electron chi connectivity index (χ0n) is 24.0. The largest absolute Gasteiger partial charge is 0.353 e. The van der Waals surface area contributed by atoms with Crippen molar-refractivity contribution in [3.05, 3.63) is 89.2 Å². The van der Waals surface area contributed by atoms with Gasteiger partial charge in [0.25, 0.3) is 5.91 Å². The van der Waals surface area contributed by atoms with Crippen molar-refractivity contribution >= 4 is 42.3 Å². The molecule has 0 atom stereocenters. The number of hydrazine groups is 1. The Bertz CT molecular complexity index is 1300. The number of hydrogen-bond donors (Lipinski definition) is 2. The summed E-state index contributed by atoms with van der Waals surface area (Å²) >= 11 is 0. The minimum absolute atomic E-state index is 0. The molecule has 0 aliphatic carbocycles. The molecule has 3 aromatic carbocycles. The maximum absolute atomic E-state index is 13.9. The fourth-order valence-electron chi connectivity index (χ4n) is 4.77. The van der Waals surface area contributed by atoms with Crippen molar-refractivity contribution < 1.29 is 14.0 Å². The van der Waals surface area contributed by atoms with Crippen LogP contribution in [0.5, 0.6) is 0 Å². The number of aryl methyl sites for hydroxylation is 1. The predicted molar refractivity (Wildman–Crippen MR) is 168 cm³/mol. The molecule has 2 amide bonds. The topological polar surface area (TPSA) is 67.9 Å². The molecule has 0 aromatic heterocycles. The number of rotatable bonds is 11. The number of amides is 2. The van der Waals surface area contributed by atoms with Crippen molar-refractivity contribution in [2.24, 2.45) is 0 Å². The second kappa shape index (κ2) is 15.7. The molecule has 0 radical (unpaired) electrons. The summed E-state index contributed by atoms with van der Waals surface area (Å²) in [7, 11) is 1.78. The van der Waals surface area contributed by atoms with Crippen LogP contribution in [0, 0.1) is 12.7 Å². The average molecular weight is 605 g/mol. The summed E-state index contributed by atoms with van der Waals surface area (Å²) in [6.07, 6.45) is 0. The predicted octanol–water partition coefficient (Wildman–Crippen LogP) is 4.95. The third kappa shape index (κ3) is 9.16. The molecule has 222 valence electrons. The molecular formula is C31H40Cl2FN5O2. The zero-order valence-corrected chi connectivity index (χ0v) is 25.7. The van der Waals surface area contributed by atoms with Gasteiger partial charge in [0, 0.05) is 45.0 Å². The third-order valence-electron chi connectivity index (χ3n) is 6.98. The summed E-state index contributed by atoms with van der Waals surface area (Å²) in [5, 5.41) is 9.91. The van der Waals surface area contributed by atoms with Gasteiger partial charge in [-0.05, 0) is 52.9 Å². The van der Waals surface area contributed by atoms with Gasteiger partial charge in [0.15, 0.2) is 0 Å². The second-order valence-electron chi connectivity index (χ2n) is 10.3. The highest BCUT2D eigenvalue weighted by Gasteiger charge is 2.27. The van der Waals surface area contributed by atoms with E-state index in [1.54, 1.807) is 18.1 Å². The maximum Gasteiger partial charge on any atom is 0.256 e. The normalized spacial score (nSPS) is 12.2. The minimum Gasteiger partial charge on any atom is -0.353 e. The number of nitrogens with one attached hydrogen (secondary N) is 2. The summed E-state index contributed by atoms with van der Waals surface area (Å²) < 4.78 is 13.9. The SMILES string of the molecule is Cc1ccc(-c2cccc(F)c2)cc1N(CC(=O)NCCNC(C)C)CC(=O)N(C)N1Cc2ccccc2C1.Cl.Cl. The smallest absolute Gasteiger partial charge is 0.256 e. The molecule has 0 saturated carbocycles. The Labute approximate surface area is 254 Å². The third-order valence-corrected chi connectivity index (χ3v) is 6.98. The molecule has 1 aliphatic rings. The first-order chi connectivity index (χ1) is 18.7. The lowest BCUT2D eigenvalue weighted by atomic mass is 10.0. The van der Waals surface area contributed by atoms with E-state index in [0.29, 0.717) is 32.2 Å². The number of benzene rings is 3. The lowest BCUT2D eigenvalue weighted by Gasteiger charge is -2.32. The van der Waals surface area contributed by atoms with E-state index >= 15 is 0 Å². The molecule has 41 heavy (non-hydrogen) atoms. The van der Waals surface area contributed by atoms with Crippen molar-refractivity contribution in [3.8, 4) is 11.1 Å². The monoisotopic (exact) mass is 603 g/mol. The number of anilines is 1. The average Bonchev–Trinajstić information content (AvgIpc) is 3.35.